The fourth-order valence-electron chi connectivity index (χ4n) is 2.80. The van der Waals surface area contributed by atoms with Gasteiger partial charge in [0.2, 0.25) is 0 Å². The van der Waals surface area contributed by atoms with E-state index in [-0.39, 0.29) is 24.0 Å². The SMILES string of the molecule is CC(NC(=O)NC(c1nc2ccccc2[nH]1)C(C)C)c1cnn(C)c1. The molecule has 0 aliphatic carbocycles. The van der Waals surface area contributed by atoms with Crippen molar-refractivity contribution in [2.45, 2.75) is 32.9 Å². The number of nitrogens with zero attached hydrogens (tertiary/aromatic N) is 3. The number of carbonyl (C=O) groups excluding carboxylic acids is 1. The number of amides is 2. The molecule has 2 atom stereocenters. The number of para-hydroxylation sites is 2. The Kier molecular flexibility index (Phi) is 4.74. The molecule has 0 fully saturated rings. The number of aryl methyl sites for hydroxylation is 1. The number of aromatic amines is 1. The molecule has 2 aromatic heterocycles. The van der Waals surface area contributed by atoms with E-state index in [0.29, 0.717) is 0 Å². The highest BCUT2D eigenvalue weighted by Gasteiger charge is 2.22. The van der Waals surface area contributed by atoms with E-state index >= 15 is 0 Å². The van der Waals surface area contributed by atoms with Crippen molar-refractivity contribution < 1.29 is 4.79 Å². The van der Waals surface area contributed by atoms with Crippen LogP contribution in [0.1, 0.15) is 44.2 Å². The Morgan fingerprint density at radius 1 is 1.20 bits per heavy atom. The molecule has 2 amide bonds. The van der Waals surface area contributed by atoms with E-state index < -0.39 is 0 Å². The average molecular weight is 340 g/mol. The first-order valence-electron chi connectivity index (χ1n) is 8.44. The second-order valence-electron chi connectivity index (χ2n) is 6.65. The lowest BCUT2D eigenvalue weighted by Gasteiger charge is -2.22. The Morgan fingerprint density at radius 3 is 2.60 bits per heavy atom. The molecule has 7 nitrogen and oxygen atoms in total. The number of H-pyrrole nitrogens is 1. The van der Waals surface area contributed by atoms with Crippen LogP contribution in [0.2, 0.25) is 0 Å². The largest absolute Gasteiger partial charge is 0.340 e. The van der Waals surface area contributed by atoms with Crippen LogP contribution in [0.4, 0.5) is 4.79 Å². The minimum absolute atomic E-state index is 0.128. The lowest BCUT2D eigenvalue weighted by atomic mass is 10.0. The zero-order valence-electron chi connectivity index (χ0n) is 14.9. The summed E-state index contributed by atoms with van der Waals surface area (Å²) in [7, 11) is 1.85. The van der Waals surface area contributed by atoms with Gasteiger partial charge in [-0.3, -0.25) is 4.68 Å². The monoisotopic (exact) mass is 340 g/mol. The zero-order valence-corrected chi connectivity index (χ0v) is 14.9. The van der Waals surface area contributed by atoms with Gasteiger partial charge >= 0.3 is 6.03 Å². The third-order valence-electron chi connectivity index (χ3n) is 4.23. The number of benzene rings is 1. The molecule has 0 aliphatic rings. The van der Waals surface area contributed by atoms with Gasteiger partial charge in [-0.25, -0.2) is 9.78 Å². The highest BCUT2D eigenvalue weighted by Crippen LogP contribution is 2.22. The van der Waals surface area contributed by atoms with Crippen LogP contribution in [-0.2, 0) is 7.05 Å². The number of imidazole rings is 1. The summed E-state index contributed by atoms with van der Waals surface area (Å²) < 4.78 is 1.72. The third kappa shape index (κ3) is 3.81. The molecule has 2 heterocycles. The number of carbonyl (C=O) groups is 1. The van der Waals surface area contributed by atoms with Gasteiger partial charge in [-0.1, -0.05) is 26.0 Å². The summed E-state index contributed by atoms with van der Waals surface area (Å²) in [6.07, 6.45) is 3.65. The maximum atomic E-state index is 12.4. The molecule has 132 valence electrons. The van der Waals surface area contributed by atoms with Crippen LogP contribution in [0.5, 0.6) is 0 Å². The fourth-order valence-corrected chi connectivity index (χ4v) is 2.80. The van der Waals surface area contributed by atoms with Crippen molar-refractivity contribution in [1.29, 1.82) is 0 Å². The quantitative estimate of drug-likeness (QED) is 0.667. The number of rotatable bonds is 5. The molecule has 3 aromatic rings. The highest BCUT2D eigenvalue weighted by atomic mass is 16.2. The van der Waals surface area contributed by atoms with Crippen molar-refractivity contribution in [3.8, 4) is 0 Å². The Balaban J connectivity index is 1.72. The summed E-state index contributed by atoms with van der Waals surface area (Å²) in [4.78, 5) is 20.4. The van der Waals surface area contributed by atoms with E-state index in [1.54, 1.807) is 10.9 Å². The summed E-state index contributed by atoms with van der Waals surface area (Å²) in [6, 6.07) is 7.30. The molecule has 25 heavy (non-hydrogen) atoms. The van der Waals surface area contributed by atoms with E-state index in [1.807, 2.05) is 44.4 Å². The smallest absolute Gasteiger partial charge is 0.315 e. The van der Waals surface area contributed by atoms with Crippen LogP contribution in [0.15, 0.2) is 36.7 Å². The average Bonchev–Trinajstić information content (AvgIpc) is 3.18. The molecule has 7 heteroatoms. The van der Waals surface area contributed by atoms with E-state index in [2.05, 4.69) is 39.5 Å². The molecule has 1 aromatic carbocycles. The molecule has 0 radical (unpaired) electrons. The lowest BCUT2D eigenvalue weighted by Crippen LogP contribution is -2.41. The van der Waals surface area contributed by atoms with Crippen molar-refractivity contribution in [3.05, 3.63) is 48.0 Å². The predicted octanol–water partition coefficient (Wildman–Crippen LogP) is 3.05. The van der Waals surface area contributed by atoms with Gasteiger partial charge in [0.05, 0.1) is 29.3 Å². The van der Waals surface area contributed by atoms with Crippen molar-refractivity contribution in [2.24, 2.45) is 13.0 Å². The van der Waals surface area contributed by atoms with Crippen molar-refractivity contribution in [2.75, 3.05) is 0 Å². The number of nitrogens with one attached hydrogen (secondary N) is 3. The van der Waals surface area contributed by atoms with Crippen molar-refractivity contribution >= 4 is 17.1 Å². The van der Waals surface area contributed by atoms with Gasteiger partial charge < -0.3 is 15.6 Å². The van der Waals surface area contributed by atoms with E-state index in [9.17, 15) is 4.79 Å². The van der Waals surface area contributed by atoms with Gasteiger partial charge in [-0.2, -0.15) is 5.10 Å². The molecule has 3 rings (SSSR count). The standard InChI is InChI=1S/C18H24N6O/c1-11(2)16(17-21-14-7-5-6-8-15(14)22-17)23-18(25)20-12(3)13-9-19-24(4)10-13/h5-12,16H,1-4H3,(H,21,22)(H2,20,23,25). The maximum absolute atomic E-state index is 12.4. The summed E-state index contributed by atoms with van der Waals surface area (Å²) >= 11 is 0. The molecular formula is C18H24N6O. The van der Waals surface area contributed by atoms with E-state index in [0.717, 1.165) is 22.4 Å². The van der Waals surface area contributed by atoms with Crippen LogP contribution in [0.3, 0.4) is 0 Å². The number of aromatic nitrogens is 4. The van der Waals surface area contributed by atoms with Gasteiger partial charge in [0, 0.05) is 18.8 Å². The Labute approximate surface area is 146 Å². The van der Waals surface area contributed by atoms with Crippen LogP contribution in [-0.4, -0.2) is 25.8 Å². The van der Waals surface area contributed by atoms with Crippen molar-refractivity contribution in [3.63, 3.8) is 0 Å². The molecule has 0 bridgehead atoms. The van der Waals surface area contributed by atoms with Crippen LogP contribution >= 0.6 is 0 Å². The summed E-state index contributed by atoms with van der Waals surface area (Å²) in [5.74, 6) is 0.959. The number of fused-ring (bicyclic) bond motifs is 1. The first-order valence-corrected chi connectivity index (χ1v) is 8.44. The molecule has 0 saturated carbocycles. The maximum Gasteiger partial charge on any atom is 0.315 e. The number of hydrogen-bond acceptors (Lipinski definition) is 3. The topological polar surface area (TPSA) is 87.6 Å². The Bertz CT molecular complexity index is 832. The van der Waals surface area contributed by atoms with E-state index in [4.69, 9.17) is 0 Å². The lowest BCUT2D eigenvalue weighted by molar-refractivity contribution is 0.229. The number of hydrogen-bond donors (Lipinski definition) is 3. The Morgan fingerprint density at radius 2 is 1.96 bits per heavy atom. The van der Waals surface area contributed by atoms with E-state index in [1.165, 1.54) is 0 Å². The second kappa shape index (κ2) is 6.96. The van der Waals surface area contributed by atoms with Crippen molar-refractivity contribution in [1.82, 2.24) is 30.4 Å². The Hall–Kier alpha value is -2.83. The minimum atomic E-state index is -0.226. The van der Waals surface area contributed by atoms with Gasteiger partial charge in [-0.15, -0.1) is 0 Å². The molecule has 0 spiro atoms. The van der Waals surface area contributed by atoms with Crippen LogP contribution < -0.4 is 10.6 Å². The van der Waals surface area contributed by atoms with Crippen LogP contribution in [0.25, 0.3) is 11.0 Å². The fraction of sp³-hybridized carbons (Fsp3) is 0.389. The second-order valence-corrected chi connectivity index (χ2v) is 6.65. The molecule has 0 saturated heterocycles. The first-order chi connectivity index (χ1) is 11.9. The minimum Gasteiger partial charge on any atom is -0.340 e. The summed E-state index contributed by atoms with van der Waals surface area (Å²) in [6.45, 7) is 6.05. The first kappa shape index (κ1) is 17.0. The normalized spacial score (nSPS) is 13.8. The number of urea groups is 1. The van der Waals surface area contributed by atoms with Gasteiger partial charge in [0.15, 0.2) is 0 Å². The van der Waals surface area contributed by atoms with Gasteiger partial charge in [0.1, 0.15) is 5.82 Å². The highest BCUT2D eigenvalue weighted by molar-refractivity contribution is 5.76. The molecule has 0 aliphatic heterocycles. The predicted molar refractivity (Wildman–Crippen MR) is 97.0 cm³/mol. The summed E-state index contributed by atoms with van der Waals surface area (Å²) in [5.41, 5.74) is 2.82. The molecular weight excluding hydrogens is 316 g/mol. The zero-order chi connectivity index (χ0) is 18.0. The van der Waals surface area contributed by atoms with Gasteiger partial charge in [0.25, 0.3) is 0 Å². The summed E-state index contributed by atoms with van der Waals surface area (Å²) in [5, 5.41) is 10.1. The van der Waals surface area contributed by atoms with Gasteiger partial charge in [-0.05, 0) is 25.0 Å². The third-order valence-corrected chi connectivity index (χ3v) is 4.23. The molecule has 3 N–H and O–H groups in total. The van der Waals surface area contributed by atoms with Crippen LogP contribution in [0, 0.1) is 5.92 Å². The molecule has 2 unspecified atom stereocenters.